The van der Waals surface area contributed by atoms with E-state index in [9.17, 15) is 9.59 Å². The van der Waals surface area contributed by atoms with Crippen molar-refractivity contribution in [2.75, 3.05) is 65.5 Å². The number of ether oxygens (including phenoxy) is 3. The molecule has 1 aromatic carbocycles. The van der Waals surface area contributed by atoms with Crippen molar-refractivity contribution in [2.45, 2.75) is 19.0 Å². The van der Waals surface area contributed by atoms with Crippen molar-refractivity contribution >= 4 is 34.5 Å². The smallest absolute Gasteiger partial charge is 0.260 e. The molecular weight excluding hydrogens is 536 g/mol. The SMILES string of the molecule is C=CC(=O)N1CCN(CCCn2c(=O)c(-c3cc(OC)cc(OC)c3Cl)cc3cnc(NC4COC4)nc32)CC1. The Morgan fingerprint density at radius 3 is 2.58 bits per heavy atom. The van der Waals surface area contributed by atoms with E-state index in [1.807, 2.05) is 0 Å². The number of aryl methyl sites for hydroxylation is 1. The van der Waals surface area contributed by atoms with Gasteiger partial charge in [-0.05, 0) is 31.2 Å². The summed E-state index contributed by atoms with van der Waals surface area (Å²) < 4.78 is 17.8. The number of anilines is 1. The highest BCUT2D eigenvalue weighted by Crippen LogP contribution is 2.38. The van der Waals surface area contributed by atoms with Gasteiger partial charge in [-0.25, -0.2) is 4.98 Å². The summed E-state index contributed by atoms with van der Waals surface area (Å²) in [6.45, 7) is 8.84. The van der Waals surface area contributed by atoms with Crippen LogP contribution in [0.25, 0.3) is 22.2 Å². The summed E-state index contributed by atoms with van der Waals surface area (Å²) in [6, 6.07) is 5.32. The van der Waals surface area contributed by atoms with Crippen LogP contribution in [-0.2, 0) is 16.1 Å². The molecule has 1 N–H and O–H groups in total. The molecule has 0 spiro atoms. The number of piperazine rings is 1. The molecule has 0 radical (unpaired) electrons. The molecule has 1 amide bonds. The van der Waals surface area contributed by atoms with E-state index in [0.717, 1.165) is 19.6 Å². The Kier molecular flexibility index (Phi) is 8.53. The first-order valence-electron chi connectivity index (χ1n) is 13.2. The number of carbonyl (C=O) groups is 1. The van der Waals surface area contributed by atoms with Crippen LogP contribution in [0.2, 0.25) is 5.02 Å². The first-order valence-corrected chi connectivity index (χ1v) is 13.6. The number of nitrogens with zero attached hydrogens (tertiary/aromatic N) is 5. The maximum atomic E-state index is 14.0. The highest BCUT2D eigenvalue weighted by molar-refractivity contribution is 6.35. The maximum Gasteiger partial charge on any atom is 0.260 e. The molecule has 212 valence electrons. The van der Waals surface area contributed by atoms with E-state index in [4.69, 9.17) is 30.8 Å². The number of hydrogen-bond donors (Lipinski definition) is 1. The van der Waals surface area contributed by atoms with Crippen LogP contribution in [0.15, 0.2) is 41.8 Å². The number of aromatic nitrogens is 3. The molecule has 40 heavy (non-hydrogen) atoms. The lowest BCUT2D eigenvalue weighted by Crippen LogP contribution is -2.48. The molecule has 0 aliphatic carbocycles. The van der Waals surface area contributed by atoms with Gasteiger partial charge in [0.25, 0.3) is 5.56 Å². The van der Waals surface area contributed by atoms with E-state index in [1.165, 1.54) is 13.2 Å². The highest BCUT2D eigenvalue weighted by Gasteiger charge is 2.23. The predicted molar refractivity (Wildman–Crippen MR) is 153 cm³/mol. The van der Waals surface area contributed by atoms with E-state index in [2.05, 4.69) is 21.8 Å². The molecule has 0 atom stereocenters. The number of methoxy groups -OCH3 is 2. The van der Waals surface area contributed by atoms with Crippen LogP contribution in [0.1, 0.15) is 6.42 Å². The van der Waals surface area contributed by atoms with Gasteiger partial charge in [-0.15, -0.1) is 0 Å². The second-order valence-corrected chi connectivity index (χ2v) is 10.2. The summed E-state index contributed by atoms with van der Waals surface area (Å²) in [6.07, 6.45) is 3.78. The molecule has 2 saturated heterocycles. The molecule has 2 aliphatic heterocycles. The molecule has 0 unspecified atom stereocenters. The van der Waals surface area contributed by atoms with E-state index in [1.54, 1.807) is 41.0 Å². The number of pyridine rings is 1. The number of carbonyl (C=O) groups excluding carboxylic acids is 1. The molecule has 5 rings (SSSR count). The van der Waals surface area contributed by atoms with Crippen LogP contribution in [0.3, 0.4) is 0 Å². The van der Waals surface area contributed by atoms with Gasteiger partial charge < -0.3 is 24.4 Å². The van der Waals surface area contributed by atoms with E-state index in [0.29, 0.717) is 83.9 Å². The van der Waals surface area contributed by atoms with Gasteiger partial charge in [0.05, 0.1) is 38.5 Å². The average molecular weight is 569 g/mol. The lowest BCUT2D eigenvalue weighted by Gasteiger charge is -2.34. The quantitative estimate of drug-likeness (QED) is 0.369. The summed E-state index contributed by atoms with van der Waals surface area (Å²) in [5, 5.41) is 4.29. The third kappa shape index (κ3) is 5.77. The fraction of sp³-hybridized carbons (Fsp3) is 0.429. The van der Waals surface area contributed by atoms with Crippen LogP contribution in [0, 0.1) is 0 Å². The molecule has 2 fully saturated rings. The molecule has 11 nitrogen and oxygen atoms in total. The number of fused-ring (bicyclic) bond motifs is 1. The van der Waals surface area contributed by atoms with Crippen LogP contribution in [-0.4, -0.2) is 96.4 Å². The van der Waals surface area contributed by atoms with Gasteiger partial charge in [-0.2, -0.15) is 4.98 Å². The standard InChI is InChI=1S/C28H33ClN6O5/c1-4-24(36)34-10-8-33(9-11-34)6-5-7-35-26-18(15-30-28(32-26)31-19-16-40-17-19)12-22(27(35)37)21-13-20(38-2)14-23(39-3)25(21)29/h4,12-15,19H,1,5-11,16-17H2,2-3H3,(H,30,31,32). The number of amides is 1. The Morgan fingerprint density at radius 1 is 1.15 bits per heavy atom. The van der Waals surface area contributed by atoms with Gasteiger partial charge in [0.2, 0.25) is 11.9 Å². The highest BCUT2D eigenvalue weighted by atomic mass is 35.5. The fourth-order valence-corrected chi connectivity index (χ4v) is 5.23. The summed E-state index contributed by atoms with van der Waals surface area (Å²) in [4.78, 5) is 39.2. The van der Waals surface area contributed by atoms with E-state index in [-0.39, 0.29) is 17.5 Å². The van der Waals surface area contributed by atoms with Gasteiger partial charge >= 0.3 is 0 Å². The van der Waals surface area contributed by atoms with Gasteiger partial charge in [0.1, 0.15) is 17.1 Å². The Bertz CT molecular complexity index is 1470. The lowest BCUT2D eigenvalue weighted by molar-refractivity contribution is -0.127. The molecule has 12 heteroatoms. The van der Waals surface area contributed by atoms with Crippen molar-refractivity contribution < 1.29 is 19.0 Å². The Hall–Kier alpha value is -3.67. The van der Waals surface area contributed by atoms with Gasteiger partial charge in [-0.1, -0.05) is 18.2 Å². The van der Waals surface area contributed by atoms with Gasteiger partial charge in [-0.3, -0.25) is 19.1 Å². The minimum Gasteiger partial charge on any atom is -0.497 e. The Morgan fingerprint density at radius 2 is 1.93 bits per heavy atom. The molecule has 2 aliphatic rings. The Labute approximate surface area is 237 Å². The number of nitrogens with one attached hydrogen (secondary N) is 1. The van der Waals surface area contributed by atoms with Gasteiger partial charge in [0, 0.05) is 61.5 Å². The first kappa shape index (κ1) is 27.9. The number of hydrogen-bond acceptors (Lipinski definition) is 9. The number of halogens is 1. The third-order valence-corrected chi connectivity index (χ3v) is 7.66. The molecule has 2 aromatic heterocycles. The van der Waals surface area contributed by atoms with Gasteiger partial charge in [0.15, 0.2) is 0 Å². The monoisotopic (exact) mass is 568 g/mol. The van der Waals surface area contributed by atoms with Crippen LogP contribution in [0.5, 0.6) is 11.5 Å². The maximum absolute atomic E-state index is 14.0. The average Bonchev–Trinajstić information content (AvgIpc) is 2.96. The summed E-state index contributed by atoms with van der Waals surface area (Å²) in [5.74, 6) is 1.34. The second-order valence-electron chi connectivity index (χ2n) is 9.78. The van der Waals surface area contributed by atoms with Crippen LogP contribution >= 0.6 is 11.6 Å². The van der Waals surface area contributed by atoms with Crippen molar-refractivity contribution in [1.29, 1.82) is 0 Å². The summed E-state index contributed by atoms with van der Waals surface area (Å²) in [5.41, 5.74) is 1.24. The van der Waals surface area contributed by atoms with Crippen molar-refractivity contribution in [3.63, 3.8) is 0 Å². The first-order chi connectivity index (χ1) is 19.4. The summed E-state index contributed by atoms with van der Waals surface area (Å²) >= 11 is 6.68. The van der Waals surface area contributed by atoms with E-state index >= 15 is 0 Å². The van der Waals surface area contributed by atoms with Crippen molar-refractivity contribution in [3.05, 3.63) is 52.4 Å². The molecule has 0 saturated carbocycles. The number of rotatable bonds is 10. The third-order valence-electron chi connectivity index (χ3n) is 7.27. The molecule has 4 heterocycles. The van der Waals surface area contributed by atoms with Crippen LogP contribution in [0.4, 0.5) is 5.95 Å². The predicted octanol–water partition coefficient (Wildman–Crippen LogP) is 2.66. The zero-order chi connectivity index (χ0) is 28.2. The topological polar surface area (TPSA) is 111 Å². The van der Waals surface area contributed by atoms with E-state index < -0.39 is 0 Å². The summed E-state index contributed by atoms with van der Waals surface area (Å²) in [7, 11) is 3.07. The van der Waals surface area contributed by atoms with Crippen LogP contribution < -0.4 is 20.3 Å². The van der Waals surface area contributed by atoms with Crippen molar-refractivity contribution in [3.8, 4) is 22.6 Å². The molecular formula is C28H33ClN6O5. The second kappa shape index (κ2) is 12.2. The normalized spacial score (nSPS) is 16.0. The zero-order valence-electron chi connectivity index (χ0n) is 22.7. The minimum atomic E-state index is -0.220. The van der Waals surface area contributed by atoms with Crippen molar-refractivity contribution in [2.24, 2.45) is 0 Å². The zero-order valence-corrected chi connectivity index (χ0v) is 23.4. The largest absolute Gasteiger partial charge is 0.497 e. The minimum absolute atomic E-state index is 0.0418. The molecule has 0 bridgehead atoms. The lowest BCUT2D eigenvalue weighted by atomic mass is 10.0. The Balaban J connectivity index is 1.47. The van der Waals surface area contributed by atoms with Crippen molar-refractivity contribution in [1.82, 2.24) is 24.3 Å². The molecule has 3 aromatic rings. The number of benzene rings is 1. The fourth-order valence-electron chi connectivity index (χ4n) is 4.94.